The average molecular weight is 408 g/mol. The molecule has 2 heterocycles. The van der Waals surface area contributed by atoms with Crippen LogP contribution >= 0.6 is 0 Å². The summed E-state index contributed by atoms with van der Waals surface area (Å²) in [6.45, 7) is 6.59. The first-order chi connectivity index (χ1) is 14.7. The molecule has 30 heavy (non-hydrogen) atoms. The fourth-order valence-electron chi connectivity index (χ4n) is 4.45. The van der Waals surface area contributed by atoms with Gasteiger partial charge in [0.05, 0.1) is 7.11 Å². The molecule has 0 aromatic heterocycles. The number of benzene rings is 2. The van der Waals surface area contributed by atoms with Crippen LogP contribution in [0.5, 0.6) is 5.75 Å². The van der Waals surface area contributed by atoms with E-state index < -0.39 is 0 Å². The first-order valence-corrected chi connectivity index (χ1v) is 11.2. The summed E-state index contributed by atoms with van der Waals surface area (Å²) in [6.07, 6.45) is 5.32. The van der Waals surface area contributed by atoms with E-state index >= 15 is 0 Å². The highest BCUT2D eigenvalue weighted by atomic mass is 16.5. The van der Waals surface area contributed by atoms with Crippen LogP contribution in [0.2, 0.25) is 0 Å². The molecule has 0 unspecified atom stereocenters. The summed E-state index contributed by atoms with van der Waals surface area (Å²) in [5, 5.41) is 0. The Morgan fingerprint density at radius 3 is 2.03 bits per heavy atom. The molecule has 0 atom stereocenters. The molecular formula is C25H33N3O2. The maximum Gasteiger partial charge on any atom is 0.253 e. The number of carbonyl (C=O) groups is 1. The van der Waals surface area contributed by atoms with Gasteiger partial charge in [-0.3, -0.25) is 9.69 Å². The van der Waals surface area contributed by atoms with Gasteiger partial charge < -0.3 is 14.5 Å². The summed E-state index contributed by atoms with van der Waals surface area (Å²) in [5.41, 5.74) is 3.28. The van der Waals surface area contributed by atoms with Crippen molar-refractivity contribution in [2.75, 3.05) is 51.3 Å². The minimum absolute atomic E-state index is 0.144. The first-order valence-electron chi connectivity index (χ1n) is 11.2. The number of nitrogens with zero attached hydrogens (tertiary/aromatic N) is 3. The normalized spacial score (nSPS) is 18.2. The lowest BCUT2D eigenvalue weighted by atomic mass is 10.1. The standard InChI is InChI=1S/C25H33N3O2/c1-30-24-12-10-23(11-13-24)27-16-18-28(19-17-27)25(29)22-8-6-21(7-9-22)20-26-14-4-2-3-5-15-26/h6-13H,2-5,14-20H2,1H3. The molecule has 0 saturated carbocycles. The average Bonchev–Trinajstić information content (AvgIpc) is 3.08. The first kappa shape index (κ1) is 20.7. The van der Waals surface area contributed by atoms with Crippen molar-refractivity contribution < 1.29 is 9.53 Å². The molecule has 0 spiro atoms. The third-order valence-corrected chi connectivity index (χ3v) is 6.31. The van der Waals surface area contributed by atoms with Gasteiger partial charge in [-0.05, 0) is 67.9 Å². The predicted molar refractivity (Wildman–Crippen MR) is 121 cm³/mol. The van der Waals surface area contributed by atoms with Crippen molar-refractivity contribution in [3.05, 3.63) is 59.7 Å². The Balaban J connectivity index is 1.30. The van der Waals surface area contributed by atoms with Crippen LogP contribution in [-0.2, 0) is 6.54 Å². The molecule has 1 amide bonds. The van der Waals surface area contributed by atoms with E-state index in [0.717, 1.165) is 44.0 Å². The summed E-state index contributed by atoms with van der Waals surface area (Å²) in [6, 6.07) is 16.4. The fraction of sp³-hybridized carbons (Fsp3) is 0.480. The molecule has 2 fully saturated rings. The smallest absolute Gasteiger partial charge is 0.253 e. The van der Waals surface area contributed by atoms with E-state index in [1.807, 2.05) is 29.2 Å². The summed E-state index contributed by atoms with van der Waals surface area (Å²) in [7, 11) is 1.68. The van der Waals surface area contributed by atoms with Gasteiger partial charge in [0.15, 0.2) is 0 Å². The van der Waals surface area contributed by atoms with Gasteiger partial charge in [-0.25, -0.2) is 0 Å². The van der Waals surface area contributed by atoms with Crippen LogP contribution < -0.4 is 9.64 Å². The number of piperazine rings is 1. The van der Waals surface area contributed by atoms with E-state index in [1.54, 1.807) is 7.11 Å². The molecule has 2 aromatic rings. The minimum atomic E-state index is 0.144. The Morgan fingerprint density at radius 1 is 0.800 bits per heavy atom. The molecule has 2 aliphatic rings. The third-order valence-electron chi connectivity index (χ3n) is 6.31. The SMILES string of the molecule is COc1ccc(N2CCN(C(=O)c3ccc(CN4CCCCCC4)cc3)CC2)cc1. The van der Waals surface area contributed by atoms with Crippen LogP contribution in [0.25, 0.3) is 0 Å². The van der Waals surface area contributed by atoms with Gasteiger partial charge >= 0.3 is 0 Å². The van der Waals surface area contributed by atoms with Crippen LogP contribution in [0, 0.1) is 0 Å². The summed E-state index contributed by atoms with van der Waals surface area (Å²) in [4.78, 5) is 19.8. The minimum Gasteiger partial charge on any atom is -0.497 e. The van der Waals surface area contributed by atoms with Gasteiger partial charge in [-0.1, -0.05) is 25.0 Å². The maximum absolute atomic E-state index is 13.0. The Kier molecular flexibility index (Phi) is 6.90. The number of anilines is 1. The maximum atomic E-state index is 13.0. The van der Waals surface area contributed by atoms with E-state index in [1.165, 1.54) is 50.0 Å². The van der Waals surface area contributed by atoms with Crippen LogP contribution in [-0.4, -0.2) is 62.1 Å². The van der Waals surface area contributed by atoms with Crippen LogP contribution in [0.15, 0.2) is 48.5 Å². The van der Waals surface area contributed by atoms with Crippen LogP contribution in [0.3, 0.4) is 0 Å². The molecule has 0 aliphatic carbocycles. The van der Waals surface area contributed by atoms with Gasteiger partial charge in [-0.15, -0.1) is 0 Å². The molecule has 0 bridgehead atoms. The molecule has 0 radical (unpaired) electrons. The Hall–Kier alpha value is -2.53. The fourth-order valence-corrected chi connectivity index (χ4v) is 4.45. The number of likely N-dealkylation sites (tertiary alicyclic amines) is 1. The highest BCUT2D eigenvalue weighted by Gasteiger charge is 2.22. The molecule has 160 valence electrons. The molecule has 2 aromatic carbocycles. The largest absolute Gasteiger partial charge is 0.497 e. The van der Waals surface area contributed by atoms with Crippen molar-refractivity contribution in [3.63, 3.8) is 0 Å². The summed E-state index contributed by atoms with van der Waals surface area (Å²) >= 11 is 0. The molecular weight excluding hydrogens is 374 g/mol. The van der Waals surface area contributed by atoms with Crippen molar-refractivity contribution in [2.24, 2.45) is 0 Å². The molecule has 2 aliphatic heterocycles. The monoisotopic (exact) mass is 407 g/mol. The topological polar surface area (TPSA) is 36.0 Å². The van der Waals surface area contributed by atoms with Crippen LogP contribution in [0.1, 0.15) is 41.6 Å². The zero-order valence-electron chi connectivity index (χ0n) is 18.1. The van der Waals surface area contributed by atoms with Crippen molar-refractivity contribution >= 4 is 11.6 Å². The van der Waals surface area contributed by atoms with Crippen molar-refractivity contribution in [1.82, 2.24) is 9.80 Å². The van der Waals surface area contributed by atoms with Gasteiger partial charge in [0.1, 0.15) is 5.75 Å². The van der Waals surface area contributed by atoms with Gasteiger partial charge in [0.2, 0.25) is 0 Å². The van der Waals surface area contributed by atoms with E-state index in [9.17, 15) is 4.79 Å². The lowest BCUT2D eigenvalue weighted by Gasteiger charge is -2.36. The number of amides is 1. The number of ether oxygens (including phenoxy) is 1. The predicted octanol–water partition coefficient (Wildman–Crippen LogP) is 4.03. The highest BCUT2D eigenvalue weighted by Crippen LogP contribution is 2.21. The number of methoxy groups -OCH3 is 1. The molecule has 4 rings (SSSR count). The van der Waals surface area contributed by atoms with E-state index in [4.69, 9.17) is 4.74 Å². The third kappa shape index (κ3) is 5.14. The number of hydrogen-bond donors (Lipinski definition) is 0. The van der Waals surface area contributed by atoms with Gasteiger partial charge in [-0.2, -0.15) is 0 Å². The Labute approximate surface area is 180 Å². The van der Waals surface area contributed by atoms with E-state index in [-0.39, 0.29) is 5.91 Å². The van der Waals surface area contributed by atoms with Gasteiger partial charge in [0.25, 0.3) is 5.91 Å². The Morgan fingerprint density at radius 2 is 1.43 bits per heavy atom. The van der Waals surface area contributed by atoms with Crippen molar-refractivity contribution in [1.29, 1.82) is 0 Å². The molecule has 5 nitrogen and oxygen atoms in total. The molecule has 0 N–H and O–H groups in total. The quantitative estimate of drug-likeness (QED) is 0.750. The Bertz CT molecular complexity index is 803. The van der Waals surface area contributed by atoms with E-state index in [0.29, 0.717) is 0 Å². The number of carbonyl (C=O) groups excluding carboxylic acids is 1. The van der Waals surface area contributed by atoms with Crippen molar-refractivity contribution in [2.45, 2.75) is 32.2 Å². The zero-order chi connectivity index (χ0) is 20.8. The number of rotatable bonds is 5. The van der Waals surface area contributed by atoms with Gasteiger partial charge in [0, 0.05) is 44.0 Å². The summed E-state index contributed by atoms with van der Waals surface area (Å²) < 4.78 is 5.24. The number of hydrogen-bond acceptors (Lipinski definition) is 4. The van der Waals surface area contributed by atoms with E-state index in [2.05, 4.69) is 34.1 Å². The van der Waals surface area contributed by atoms with Crippen LogP contribution in [0.4, 0.5) is 5.69 Å². The lowest BCUT2D eigenvalue weighted by Crippen LogP contribution is -2.48. The highest BCUT2D eigenvalue weighted by molar-refractivity contribution is 5.94. The molecule has 5 heteroatoms. The second-order valence-corrected chi connectivity index (χ2v) is 8.36. The second kappa shape index (κ2) is 9.98. The summed E-state index contributed by atoms with van der Waals surface area (Å²) in [5.74, 6) is 1.01. The lowest BCUT2D eigenvalue weighted by molar-refractivity contribution is 0.0747. The molecule has 2 saturated heterocycles. The zero-order valence-corrected chi connectivity index (χ0v) is 18.1. The second-order valence-electron chi connectivity index (χ2n) is 8.36. The van der Waals surface area contributed by atoms with Crippen molar-refractivity contribution in [3.8, 4) is 5.75 Å².